The standard InChI is InChI=1S/C23H36O4/c1-5-6-9-16-21(24)26-19-14-11-12-15-20(19)27-22(25)17-10-7-8-13-18-23(2,3)4/h11-12,14-15H,5-10,13,16-18H2,1-4H3. The van der Waals surface area contributed by atoms with Crippen molar-refractivity contribution in [2.24, 2.45) is 5.41 Å². The lowest BCUT2D eigenvalue weighted by Gasteiger charge is -2.17. The summed E-state index contributed by atoms with van der Waals surface area (Å²) in [6, 6.07) is 6.85. The van der Waals surface area contributed by atoms with Crippen LogP contribution in [-0.2, 0) is 9.59 Å². The Hall–Kier alpha value is -1.84. The Balaban J connectivity index is 2.36. The van der Waals surface area contributed by atoms with Crippen LogP contribution in [-0.4, -0.2) is 11.9 Å². The quantitative estimate of drug-likeness (QED) is 0.238. The Labute approximate surface area is 164 Å². The smallest absolute Gasteiger partial charge is 0.311 e. The number of carbonyl (C=O) groups excluding carboxylic acids is 2. The SMILES string of the molecule is CCCCCC(=O)Oc1ccccc1OC(=O)CCCCCCC(C)(C)C. The molecule has 0 radical (unpaired) electrons. The number of rotatable bonds is 12. The fraction of sp³-hybridized carbons (Fsp3) is 0.652. The molecule has 0 fully saturated rings. The first-order chi connectivity index (χ1) is 12.8. The van der Waals surface area contributed by atoms with Crippen LogP contribution in [0.3, 0.4) is 0 Å². The van der Waals surface area contributed by atoms with Crippen LogP contribution in [0.4, 0.5) is 0 Å². The monoisotopic (exact) mass is 376 g/mol. The molecule has 0 amide bonds. The number of carbonyl (C=O) groups is 2. The topological polar surface area (TPSA) is 52.6 Å². The Morgan fingerprint density at radius 1 is 0.778 bits per heavy atom. The summed E-state index contributed by atoms with van der Waals surface area (Å²) in [5.41, 5.74) is 0.372. The highest BCUT2D eigenvalue weighted by molar-refractivity contribution is 5.76. The fourth-order valence-corrected chi connectivity index (χ4v) is 2.76. The van der Waals surface area contributed by atoms with E-state index < -0.39 is 0 Å². The molecule has 0 saturated heterocycles. The summed E-state index contributed by atoms with van der Waals surface area (Å²) in [6.45, 7) is 8.83. The van der Waals surface area contributed by atoms with E-state index >= 15 is 0 Å². The van der Waals surface area contributed by atoms with Crippen molar-refractivity contribution in [1.82, 2.24) is 0 Å². The predicted octanol–water partition coefficient (Wildman–Crippen LogP) is 6.46. The van der Waals surface area contributed by atoms with Gasteiger partial charge in [-0.2, -0.15) is 0 Å². The van der Waals surface area contributed by atoms with Crippen LogP contribution >= 0.6 is 0 Å². The summed E-state index contributed by atoms with van der Waals surface area (Å²) >= 11 is 0. The van der Waals surface area contributed by atoms with E-state index in [2.05, 4.69) is 27.7 Å². The third-order valence-corrected chi connectivity index (χ3v) is 4.34. The van der Waals surface area contributed by atoms with Crippen molar-refractivity contribution in [3.8, 4) is 11.5 Å². The molecule has 0 bridgehead atoms. The molecule has 0 aliphatic heterocycles. The molecule has 1 aromatic rings. The van der Waals surface area contributed by atoms with Crippen molar-refractivity contribution in [1.29, 1.82) is 0 Å². The molecule has 0 spiro atoms. The predicted molar refractivity (Wildman–Crippen MR) is 109 cm³/mol. The minimum absolute atomic E-state index is 0.277. The summed E-state index contributed by atoms with van der Waals surface area (Å²) in [6.07, 6.45) is 9.01. The van der Waals surface area contributed by atoms with Crippen molar-refractivity contribution >= 4 is 11.9 Å². The second-order valence-corrected chi connectivity index (χ2v) is 8.33. The Morgan fingerprint density at radius 2 is 1.26 bits per heavy atom. The maximum Gasteiger partial charge on any atom is 0.311 e. The molecule has 0 aromatic heterocycles. The van der Waals surface area contributed by atoms with Gasteiger partial charge in [0.25, 0.3) is 0 Å². The lowest BCUT2D eigenvalue weighted by molar-refractivity contribution is -0.137. The van der Waals surface area contributed by atoms with Crippen LogP contribution in [0.5, 0.6) is 11.5 Å². The summed E-state index contributed by atoms with van der Waals surface area (Å²) in [4.78, 5) is 24.0. The van der Waals surface area contributed by atoms with E-state index in [1.54, 1.807) is 24.3 Å². The summed E-state index contributed by atoms with van der Waals surface area (Å²) in [7, 11) is 0. The first-order valence-corrected chi connectivity index (χ1v) is 10.3. The summed E-state index contributed by atoms with van der Waals surface area (Å²) in [5.74, 6) is 0.0719. The van der Waals surface area contributed by atoms with Crippen molar-refractivity contribution in [2.75, 3.05) is 0 Å². The molecule has 0 heterocycles. The number of ether oxygens (including phenoxy) is 2. The molecule has 4 heteroatoms. The summed E-state index contributed by atoms with van der Waals surface area (Å²) in [5, 5.41) is 0. The maximum atomic E-state index is 12.1. The Morgan fingerprint density at radius 3 is 1.74 bits per heavy atom. The van der Waals surface area contributed by atoms with Gasteiger partial charge in [0.2, 0.25) is 0 Å². The number of unbranched alkanes of at least 4 members (excludes halogenated alkanes) is 5. The van der Waals surface area contributed by atoms with Crippen molar-refractivity contribution in [3.05, 3.63) is 24.3 Å². The molecule has 0 unspecified atom stereocenters. The van der Waals surface area contributed by atoms with Gasteiger partial charge >= 0.3 is 11.9 Å². The molecule has 1 rings (SSSR count). The molecule has 1 aromatic carbocycles. The highest BCUT2D eigenvalue weighted by atomic mass is 16.6. The van der Waals surface area contributed by atoms with Gasteiger partial charge < -0.3 is 9.47 Å². The average molecular weight is 377 g/mol. The molecule has 0 saturated carbocycles. The van der Waals surface area contributed by atoms with Crippen LogP contribution < -0.4 is 9.47 Å². The van der Waals surface area contributed by atoms with Crippen LogP contribution in [0.25, 0.3) is 0 Å². The van der Waals surface area contributed by atoms with Crippen LogP contribution in [0.2, 0.25) is 0 Å². The Bertz CT molecular complexity index is 572. The molecular formula is C23H36O4. The van der Waals surface area contributed by atoms with E-state index in [0.717, 1.165) is 38.5 Å². The third kappa shape index (κ3) is 11.5. The van der Waals surface area contributed by atoms with Crippen molar-refractivity contribution in [3.63, 3.8) is 0 Å². The zero-order valence-electron chi connectivity index (χ0n) is 17.5. The van der Waals surface area contributed by atoms with Crippen LogP contribution in [0.15, 0.2) is 24.3 Å². The highest BCUT2D eigenvalue weighted by Crippen LogP contribution is 2.28. The molecule has 0 aliphatic carbocycles. The van der Waals surface area contributed by atoms with E-state index in [1.165, 1.54) is 12.8 Å². The van der Waals surface area contributed by atoms with Gasteiger partial charge in [-0.05, 0) is 36.8 Å². The number of para-hydroxylation sites is 2. The molecular weight excluding hydrogens is 340 g/mol. The number of hydrogen-bond donors (Lipinski definition) is 0. The molecule has 0 atom stereocenters. The highest BCUT2D eigenvalue weighted by Gasteiger charge is 2.13. The van der Waals surface area contributed by atoms with Gasteiger partial charge in [0.15, 0.2) is 11.5 Å². The van der Waals surface area contributed by atoms with Gasteiger partial charge in [-0.1, -0.05) is 71.9 Å². The molecule has 0 aliphatic rings. The van der Waals surface area contributed by atoms with Gasteiger partial charge in [-0.15, -0.1) is 0 Å². The van der Waals surface area contributed by atoms with E-state index in [-0.39, 0.29) is 11.9 Å². The third-order valence-electron chi connectivity index (χ3n) is 4.34. The molecule has 0 N–H and O–H groups in total. The van der Waals surface area contributed by atoms with Crippen molar-refractivity contribution in [2.45, 2.75) is 91.9 Å². The summed E-state index contributed by atoms with van der Waals surface area (Å²) < 4.78 is 10.8. The van der Waals surface area contributed by atoms with E-state index in [4.69, 9.17) is 9.47 Å². The van der Waals surface area contributed by atoms with Gasteiger partial charge in [0.05, 0.1) is 0 Å². The first-order valence-electron chi connectivity index (χ1n) is 10.3. The molecule has 27 heavy (non-hydrogen) atoms. The minimum Gasteiger partial charge on any atom is -0.423 e. The van der Waals surface area contributed by atoms with E-state index in [0.29, 0.717) is 29.8 Å². The number of benzene rings is 1. The van der Waals surface area contributed by atoms with Gasteiger partial charge in [-0.3, -0.25) is 9.59 Å². The number of hydrogen-bond acceptors (Lipinski definition) is 4. The second-order valence-electron chi connectivity index (χ2n) is 8.33. The van der Waals surface area contributed by atoms with Gasteiger partial charge in [-0.25, -0.2) is 0 Å². The normalized spacial score (nSPS) is 11.3. The molecule has 152 valence electrons. The molecule has 4 nitrogen and oxygen atoms in total. The first kappa shape index (κ1) is 23.2. The second kappa shape index (κ2) is 12.5. The fourth-order valence-electron chi connectivity index (χ4n) is 2.76. The average Bonchev–Trinajstić information content (AvgIpc) is 2.59. The zero-order chi connectivity index (χ0) is 20.1. The van der Waals surface area contributed by atoms with Gasteiger partial charge in [0, 0.05) is 12.8 Å². The maximum absolute atomic E-state index is 12.1. The van der Waals surface area contributed by atoms with Gasteiger partial charge in [0.1, 0.15) is 0 Å². The Kier molecular flexibility index (Phi) is 10.8. The van der Waals surface area contributed by atoms with Crippen molar-refractivity contribution < 1.29 is 19.1 Å². The van der Waals surface area contributed by atoms with E-state index in [9.17, 15) is 9.59 Å². The van der Waals surface area contributed by atoms with Crippen LogP contribution in [0.1, 0.15) is 91.9 Å². The minimum atomic E-state index is -0.286. The largest absolute Gasteiger partial charge is 0.423 e. The zero-order valence-corrected chi connectivity index (χ0v) is 17.5. The van der Waals surface area contributed by atoms with Crippen LogP contribution in [0, 0.1) is 5.41 Å². The van der Waals surface area contributed by atoms with E-state index in [1.807, 2.05) is 0 Å². The number of esters is 2. The lowest BCUT2D eigenvalue weighted by Crippen LogP contribution is -2.12. The lowest BCUT2D eigenvalue weighted by atomic mass is 9.89.